The number of hydrogen-bond acceptors (Lipinski definition) is 4. The Bertz CT molecular complexity index is 1250. The van der Waals surface area contributed by atoms with E-state index in [4.69, 9.17) is 11.6 Å². The normalized spacial score (nSPS) is 11.8. The van der Waals surface area contributed by atoms with E-state index in [0.29, 0.717) is 17.7 Å². The van der Waals surface area contributed by atoms with Gasteiger partial charge in [0.1, 0.15) is 11.5 Å². The van der Waals surface area contributed by atoms with E-state index in [-0.39, 0.29) is 29.4 Å². The molecule has 0 atom stereocenters. The molecule has 180 valence electrons. The van der Waals surface area contributed by atoms with Crippen LogP contribution < -0.4 is 9.21 Å². The zero-order valence-electron chi connectivity index (χ0n) is 17.6. The third-order valence-corrected chi connectivity index (χ3v) is 6.32. The summed E-state index contributed by atoms with van der Waals surface area (Å²) in [6.45, 7) is -0.410. The molecule has 0 aliphatic heterocycles. The molecular formula is C22H18ClF4N3O3S. The summed E-state index contributed by atoms with van der Waals surface area (Å²) in [7, 11) is -3.83. The number of anilines is 2. The minimum absolute atomic E-state index is 0.00277. The lowest BCUT2D eigenvalue weighted by Crippen LogP contribution is -2.30. The molecule has 0 bridgehead atoms. The van der Waals surface area contributed by atoms with Crippen LogP contribution >= 0.6 is 11.6 Å². The van der Waals surface area contributed by atoms with E-state index in [1.807, 2.05) is 0 Å². The van der Waals surface area contributed by atoms with Crippen LogP contribution in [-0.2, 0) is 34.1 Å². The van der Waals surface area contributed by atoms with Crippen LogP contribution in [0.3, 0.4) is 0 Å². The van der Waals surface area contributed by atoms with Gasteiger partial charge in [0.15, 0.2) is 0 Å². The van der Waals surface area contributed by atoms with Crippen LogP contribution in [0.4, 0.5) is 28.9 Å². The first kappa shape index (κ1) is 25.4. The highest BCUT2D eigenvalue weighted by atomic mass is 35.5. The molecule has 0 aliphatic rings. The average Bonchev–Trinajstić information content (AvgIpc) is 2.76. The average molecular weight is 516 g/mol. The van der Waals surface area contributed by atoms with Crippen molar-refractivity contribution >= 4 is 39.4 Å². The standard InChI is InChI=1S/C22H18ClF4N3O3S/c1-34(32,33)30(13-18-19(23)3-2-4-20(18)24)17-8-6-16(7-9-17)29(14-31)12-15-5-10-21(28-11-15)22(25,26)27/h2-11,14H,12-13H2,1H3. The monoisotopic (exact) mass is 515 g/mol. The van der Waals surface area contributed by atoms with Crippen molar-refractivity contribution in [1.82, 2.24) is 4.98 Å². The molecule has 12 heteroatoms. The van der Waals surface area contributed by atoms with Crippen LogP contribution in [0.25, 0.3) is 0 Å². The quantitative estimate of drug-likeness (QED) is 0.312. The fourth-order valence-corrected chi connectivity index (χ4v) is 4.20. The topological polar surface area (TPSA) is 70.6 Å². The smallest absolute Gasteiger partial charge is 0.311 e. The molecule has 0 saturated carbocycles. The molecule has 0 fully saturated rings. The molecule has 1 heterocycles. The number of hydrogen-bond donors (Lipinski definition) is 0. The second-order valence-electron chi connectivity index (χ2n) is 7.27. The predicted molar refractivity (Wildman–Crippen MR) is 120 cm³/mol. The van der Waals surface area contributed by atoms with E-state index in [2.05, 4.69) is 4.98 Å². The van der Waals surface area contributed by atoms with Crippen LogP contribution in [-0.4, -0.2) is 26.1 Å². The van der Waals surface area contributed by atoms with E-state index < -0.39 is 27.7 Å². The van der Waals surface area contributed by atoms with Crippen molar-refractivity contribution < 1.29 is 30.8 Å². The molecule has 0 N–H and O–H groups in total. The number of sulfonamides is 1. The third kappa shape index (κ3) is 6.03. The van der Waals surface area contributed by atoms with Crippen molar-refractivity contribution in [1.29, 1.82) is 0 Å². The van der Waals surface area contributed by atoms with Crippen molar-refractivity contribution in [2.24, 2.45) is 0 Å². The molecule has 1 aromatic heterocycles. The number of benzene rings is 2. The van der Waals surface area contributed by atoms with E-state index in [0.717, 1.165) is 22.8 Å². The van der Waals surface area contributed by atoms with Gasteiger partial charge >= 0.3 is 6.18 Å². The van der Waals surface area contributed by atoms with Gasteiger partial charge in [-0.05, 0) is 48.0 Å². The minimum Gasteiger partial charge on any atom is -0.311 e. The molecular weight excluding hydrogens is 498 g/mol. The van der Waals surface area contributed by atoms with Crippen LogP contribution in [0.5, 0.6) is 0 Å². The summed E-state index contributed by atoms with van der Waals surface area (Å²) in [4.78, 5) is 16.2. The molecule has 0 saturated heterocycles. The molecule has 0 radical (unpaired) electrons. The Morgan fingerprint density at radius 1 is 1.00 bits per heavy atom. The van der Waals surface area contributed by atoms with E-state index in [9.17, 15) is 30.8 Å². The summed E-state index contributed by atoms with van der Waals surface area (Å²) in [5.74, 6) is -0.657. The Labute approximate surface area is 198 Å². The summed E-state index contributed by atoms with van der Waals surface area (Å²) in [5, 5.41) is 0.0718. The van der Waals surface area contributed by atoms with Crippen molar-refractivity contribution in [2.75, 3.05) is 15.5 Å². The van der Waals surface area contributed by atoms with Gasteiger partial charge in [-0.1, -0.05) is 23.7 Å². The molecule has 6 nitrogen and oxygen atoms in total. The first-order valence-electron chi connectivity index (χ1n) is 9.65. The molecule has 3 rings (SSSR count). The van der Waals surface area contributed by atoms with Gasteiger partial charge in [-0.25, -0.2) is 12.8 Å². The Morgan fingerprint density at radius 2 is 1.65 bits per heavy atom. The maximum absolute atomic E-state index is 14.2. The molecule has 3 aromatic rings. The number of carbonyl (C=O) groups is 1. The SMILES string of the molecule is CS(=O)(=O)N(Cc1c(F)cccc1Cl)c1ccc(N(C=O)Cc2ccc(C(F)(F)F)nc2)cc1. The van der Waals surface area contributed by atoms with Crippen molar-refractivity contribution in [2.45, 2.75) is 19.3 Å². The maximum atomic E-state index is 14.2. The van der Waals surface area contributed by atoms with Gasteiger partial charge in [0.25, 0.3) is 0 Å². The van der Waals surface area contributed by atoms with Gasteiger partial charge in [0, 0.05) is 22.5 Å². The lowest BCUT2D eigenvalue weighted by molar-refractivity contribution is -0.141. The van der Waals surface area contributed by atoms with Crippen LogP contribution in [0.15, 0.2) is 60.8 Å². The van der Waals surface area contributed by atoms with Crippen molar-refractivity contribution in [3.8, 4) is 0 Å². The largest absolute Gasteiger partial charge is 0.433 e. The molecule has 34 heavy (non-hydrogen) atoms. The first-order chi connectivity index (χ1) is 15.9. The molecule has 0 unspecified atom stereocenters. The highest BCUT2D eigenvalue weighted by Gasteiger charge is 2.32. The van der Waals surface area contributed by atoms with Gasteiger partial charge in [0.2, 0.25) is 16.4 Å². The van der Waals surface area contributed by atoms with E-state index in [1.165, 1.54) is 53.4 Å². The van der Waals surface area contributed by atoms with Crippen molar-refractivity contribution in [3.05, 3.63) is 88.5 Å². The minimum atomic E-state index is -4.57. The number of rotatable bonds is 8. The number of carbonyl (C=O) groups excluding carboxylic acids is 1. The number of aromatic nitrogens is 1. The number of halogens is 5. The van der Waals surface area contributed by atoms with Gasteiger partial charge in [-0.15, -0.1) is 0 Å². The van der Waals surface area contributed by atoms with E-state index in [1.54, 1.807) is 0 Å². The Balaban J connectivity index is 1.84. The second-order valence-corrected chi connectivity index (χ2v) is 9.58. The molecule has 2 aromatic carbocycles. The zero-order chi connectivity index (χ0) is 25.1. The van der Waals surface area contributed by atoms with Crippen LogP contribution in [0, 0.1) is 5.82 Å². The van der Waals surface area contributed by atoms with Crippen LogP contribution in [0.2, 0.25) is 5.02 Å². The number of amides is 1. The highest BCUT2D eigenvalue weighted by Crippen LogP contribution is 2.29. The number of pyridine rings is 1. The highest BCUT2D eigenvalue weighted by molar-refractivity contribution is 7.92. The molecule has 1 amide bonds. The number of alkyl halides is 3. The van der Waals surface area contributed by atoms with Gasteiger partial charge < -0.3 is 4.90 Å². The summed E-state index contributed by atoms with van der Waals surface area (Å²) in [6, 6.07) is 11.8. The third-order valence-electron chi connectivity index (χ3n) is 4.83. The summed E-state index contributed by atoms with van der Waals surface area (Å²) in [6.07, 6.45) is -2.10. The predicted octanol–water partition coefficient (Wildman–Crippen LogP) is 5.02. The Morgan fingerprint density at radius 3 is 2.15 bits per heavy atom. The van der Waals surface area contributed by atoms with Gasteiger partial charge in [-0.3, -0.25) is 14.1 Å². The number of nitrogens with zero attached hydrogens (tertiary/aromatic N) is 3. The lowest BCUT2D eigenvalue weighted by atomic mass is 10.2. The molecule has 0 aliphatic carbocycles. The van der Waals surface area contributed by atoms with Crippen LogP contribution in [0.1, 0.15) is 16.8 Å². The summed E-state index contributed by atoms with van der Waals surface area (Å²) >= 11 is 6.03. The summed E-state index contributed by atoms with van der Waals surface area (Å²) in [5.41, 5.74) is -0.128. The van der Waals surface area contributed by atoms with Gasteiger partial charge in [-0.2, -0.15) is 13.2 Å². The Kier molecular flexibility index (Phi) is 7.47. The van der Waals surface area contributed by atoms with E-state index >= 15 is 0 Å². The van der Waals surface area contributed by atoms with Crippen molar-refractivity contribution in [3.63, 3.8) is 0 Å². The summed E-state index contributed by atoms with van der Waals surface area (Å²) < 4.78 is 78.0. The zero-order valence-corrected chi connectivity index (χ0v) is 19.2. The fraction of sp³-hybridized carbons (Fsp3) is 0.182. The first-order valence-corrected chi connectivity index (χ1v) is 11.9. The van der Waals surface area contributed by atoms with Gasteiger partial charge in [0.05, 0.1) is 25.0 Å². The second kappa shape index (κ2) is 9.98. The fourth-order valence-electron chi connectivity index (χ4n) is 3.11. The Hall–Kier alpha value is -3.18. The molecule has 0 spiro atoms. The lowest BCUT2D eigenvalue weighted by Gasteiger charge is -2.24. The maximum Gasteiger partial charge on any atom is 0.433 e.